The molecule has 3 unspecified atom stereocenters. The monoisotopic (exact) mass is 417 g/mol. The summed E-state index contributed by atoms with van der Waals surface area (Å²) in [6.07, 6.45) is 1.97. The standard InChI is InChI=1S/C27H31NO3/c1-5-6-7-9-13-21(4)26(20(2)3)27(29)31-25(19-28)22-14-12-17-24(18-22)30-23-15-10-8-11-16-23/h8,10-12,14-18,20-21,25-26H,5-7H2,1-4H3. The first-order valence-corrected chi connectivity index (χ1v) is 10.9. The Bertz CT molecular complexity index is 934. The largest absolute Gasteiger partial charge is 0.457 e. The maximum absolute atomic E-state index is 13.0. The molecule has 0 saturated carbocycles. The number of carbonyl (C=O) groups excluding carboxylic acids is 1. The molecular weight excluding hydrogens is 386 g/mol. The molecule has 0 heterocycles. The lowest BCUT2D eigenvalue weighted by atomic mass is 9.84. The Labute approximate surface area is 186 Å². The Morgan fingerprint density at radius 2 is 1.74 bits per heavy atom. The summed E-state index contributed by atoms with van der Waals surface area (Å²) in [7, 11) is 0. The summed E-state index contributed by atoms with van der Waals surface area (Å²) in [5, 5.41) is 9.67. The fourth-order valence-electron chi connectivity index (χ4n) is 3.37. The molecule has 0 aliphatic heterocycles. The van der Waals surface area contributed by atoms with E-state index >= 15 is 0 Å². The van der Waals surface area contributed by atoms with Gasteiger partial charge in [0.15, 0.2) is 0 Å². The molecule has 2 aromatic rings. The average molecular weight is 418 g/mol. The Morgan fingerprint density at radius 1 is 1.03 bits per heavy atom. The smallest absolute Gasteiger partial charge is 0.312 e. The van der Waals surface area contributed by atoms with Crippen molar-refractivity contribution in [1.29, 1.82) is 5.26 Å². The first-order valence-electron chi connectivity index (χ1n) is 10.9. The van der Waals surface area contributed by atoms with E-state index in [2.05, 4.69) is 24.8 Å². The molecule has 0 aliphatic rings. The summed E-state index contributed by atoms with van der Waals surface area (Å²) in [4.78, 5) is 13.0. The molecule has 0 aromatic heterocycles. The van der Waals surface area contributed by atoms with E-state index in [-0.39, 0.29) is 11.8 Å². The molecule has 0 amide bonds. The second-order valence-corrected chi connectivity index (χ2v) is 7.92. The van der Waals surface area contributed by atoms with E-state index < -0.39 is 18.0 Å². The van der Waals surface area contributed by atoms with Crippen molar-refractivity contribution in [2.75, 3.05) is 0 Å². The third kappa shape index (κ3) is 7.50. The molecular formula is C27H31NO3. The van der Waals surface area contributed by atoms with Crippen molar-refractivity contribution in [3.05, 3.63) is 60.2 Å². The molecule has 162 valence electrons. The van der Waals surface area contributed by atoms with Crippen LogP contribution in [0.5, 0.6) is 11.5 Å². The van der Waals surface area contributed by atoms with Crippen LogP contribution < -0.4 is 4.74 Å². The highest BCUT2D eigenvalue weighted by molar-refractivity contribution is 5.74. The number of benzene rings is 2. The van der Waals surface area contributed by atoms with Crippen LogP contribution in [0.4, 0.5) is 0 Å². The van der Waals surface area contributed by atoms with Gasteiger partial charge in [-0.2, -0.15) is 5.26 Å². The minimum Gasteiger partial charge on any atom is -0.457 e. The van der Waals surface area contributed by atoms with Gasteiger partial charge in [-0.05, 0) is 36.6 Å². The van der Waals surface area contributed by atoms with Gasteiger partial charge in [0.1, 0.15) is 17.6 Å². The lowest BCUT2D eigenvalue weighted by Crippen LogP contribution is -2.29. The molecule has 0 spiro atoms. The Hall–Kier alpha value is -3.24. The number of hydrogen-bond acceptors (Lipinski definition) is 4. The van der Waals surface area contributed by atoms with Gasteiger partial charge in [0.2, 0.25) is 6.10 Å². The molecule has 31 heavy (non-hydrogen) atoms. The van der Waals surface area contributed by atoms with E-state index in [9.17, 15) is 10.1 Å². The van der Waals surface area contributed by atoms with Crippen molar-refractivity contribution in [2.45, 2.75) is 53.1 Å². The summed E-state index contributed by atoms with van der Waals surface area (Å²) < 4.78 is 11.5. The molecule has 0 N–H and O–H groups in total. The predicted octanol–water partition coefficient (Wildman–Crippen LogP) is 6.69. The van der Waals surface area contributed by atoms with Crippen LogP contribution in [0.3, 0.4) is 0 Å². The fraction of sp³-hybridized carbons (Fsp3) is 0.407. The molecule has 0 fully saturated rings. The Balaban J connectivity index is 2.13. The molecule has 4 heteroatoms. The van der Waals surface area contributed by atoms with Crippen molar-refractivity contribution in [2.24, 2.45) is 17.8 Å². The van der Waals surface area contributed by atoms with E-state index in [4.69, 9.17) is 9.47 Å². The number of rotatable bonds is 9. The maximum atomic E-state index is 13.0. The van der Waals surface area contributed by atoms with Crippen LogP contribution in [0.2, 0.25) is 0 Å². The van der Waals surface area contributed by atoms with Gasteiger partial charge < -0.3 is 9.47 Å². The summed E-state index contributed by atoms with van der Waals surface area (Å²) >= 11 is 0. The number of ether oxygens (including phenoxy) is 2. The normalized spacial score (nSPS) is 13.3. The number of carbonyl (C=O) groups is 1. The SMILES string of the molecule is CCCCC#CC(C)C(C(=O)OC(C#N)c1cccc(Oc2ccccc2)c1)C(C)C. The highest BCUT2D eigenvalue weighted by Crippen LogP contribution is 2.29. The molecule has 0 radical (unpaired) electrons. The Morgan fingerprint density at radius 3 is 2.39 bits per heavy atom. The molecule has 2 rings (SSSR count). The van der Waals surface area contributed by atoms with Crippen LogP contribution in [0, 0.1) is 40.9 Å². The van der Waals surface area contributed by atoms with E-state index in [0.717, 1.165) is 19.3 Å². The molecule has 0 bridgehead atoms. The zero-order chi connectivity index (χ0) is 22.6. The summed E-state index contributed by atoms with van der Waals surface area (Å²) in [5.74, 6) is 6.75. The first kappa shape index (κ1) is 24.0. The van der Waals surface area contributed by atoms with E-state index in [1.807, 2.05) is 51.1 Å². The van der Waals surface area contributed by atoms with Crippen LogP contribution in [-0.2, 0) is 9.53 Å². The van der Waals surface area contributed by atoms with Crippen LogP contribution in [-0.4, -0.2) is 5.97 Å². The second-order valence-electron chi connectivity index (χ2n) is 7.92. The number of esters is 1. The van der Waals surface area contributed by atoms with E-state index in [1.165, 1.54) is 0 Å². The quantitative estimate of drug-likeness (QED) is 0.259. The molecule has 0 saturated heterocycles. The maximum Gasteiger partial charge on any atom is 0.312 e. The van der Waals surface area contributed by atoms with Gasteiger partial charge in [0.05, 0.1) is 5.92 Å². The van der Waals surface area contributed by atoms with Crippen molar-refractivity contribution in [3.63, 3.8) is 0 Å². The predicted molar refractivity (Wildman–Crippen MR) is 122 cm³/mol. The van der Waals surface area contributed by atoms with Gasteiger partial charge in [-0.1, -0.05) is 70.4 Å². The van der Waals surface area contributed by atoms with Gasteiger partial charge in [0.25, 0.3) is 0 Å². The lowest BCUT2D eigenvalue weighted by molar-refractivity contribution is -0.154. The number of hydrogen-bond donors (Lipinski definition) is 0. The van der Waals surface area contributed by atoms with E-state index in [1.54, 1.807) is 24.3 Å². The topological polar surface area (TPSA) is 59.3 Å². The third-order valence-electron chi connectivity index (χ3n) is 5.01. The molecule has 0 aliphatic carbocycles. The first-order chi connectivity index (χ1) is 15.0. The van der Waals surface area contributed by atoms with Gasteiger partial charge >= 0.3 is 5.97 Å². The van der Waals surface area contributed by atoms with Crippen molar-refractivity contribution in [3.8, 4) is 29.4 Å². The van der Waals surface area contributed by atoms with Crippen molar-refractivity contribution >= 4 is 5.97 Å². The van der Waals surface area contributed by atoms with Gasteiger partial charge in [-0.3, -0.25) is 4.79 Å². The molecule has 2 aromatic carbocycles. The summed E-state index contributed by atoms with van der Waals surface area (Å²) in [6.45, 7) is 8.03. The van der Waals surface area contributed by atoms with Crippen LogP contribution in [0.25, 0.3) is 0 Å². The summed E-state index contributed by atoms with van der Waals surface area (Å²) in [5.41, 5.74) is 0.577. The lowest BCUT2D eigenvalue weighted by Gasteiger charge is -2.24. The van der Waals surface area contributed by atoms with Gasteiger partial charge in [-0.15, -0.1) is 5.92 Å². The summed E-state index contributed by atoms with van der Waals surface area (Å²) in [6, 6.07) is 18.6. The average Bonchev–Trinajstić information content (AvgIpc) is 2.76. The minimum absolute atomic E-state index is 0.0510. The number of nitriles is 1. The van der Waals surface area contributed by atoms with Gasteiger partial charge in [0, 0.05) is 17.9 Å². The van der Waals surface area contributed by atoms with Crippen LogP contribution in [0.1, 0.15) is 58.6 Å². The number of nitrogens with zero attached hydrogens (tertiary/aromatic N) is 1. The van der Waals surface area contributed by atoms with Crippen LogP contribution in [0.15, 0.2) is 54.6 Å². The highest BCUT2D eigenvalue weighted by atomic mass is 16.5. The zero-order valence-electron chi connectivity index (χ0n) is 18.8. The molecule has 3 atom stereocenters. The van der Waals surface area contributed by atoms with Crippen LogP contribution >= 0.6 is 0 Å². The number of unbranched alkanes of at least 4 members (excludes halogenated alkanes) is 2. The minimum atomic E-state index is -1.01. The zero-order valence-corrected chi connectivity index (χ0v) is 18.8. The Kier molecular flexibility index (Phi) is 9.66. The highest BCUT2D eigenvalue weighted by Gasteiger charge is 2.31. The van der Waals surface area contributed by atoms with Crippen molar-refractivity contribution in [1.82, 2.24) is 0 Å². The van der Waals surface area contributed by atoms with Crippen molar-refractivity contribution < 1.29 is 14.3 Å². The fourth-order valence-corrected chi connectivity index (χ4v) is 3.37. The second kappa shape index (κ2) is 12.5. The van der Waals surface area contributed by atoms with Gasteiger partial charge in [-0.25, -0.2) is 0 Å². The third-order valence-corrected chi connectivity index (χ3v) is 5.01. The molecule has 4 nitrogen and oxygen atoms in total. The number of para-hydroxylation sites is 1. The van der Waals surface area contributed by atoms with E-state index in [0.29, 0.717) is 17.1 Å².